The first-order valence-electron chi connectivity index (χ1n) is 4.72. The van der Waals surface area contributed by atoms with E-state index in [1.165, 1.54) is 5.57 Å². The second-order valence-corrected chi connectivity index (χ2v) is 3.62. The van der Waals surface area contributed by atoms with Gasteiger partial charge in [-0.2, -0.15) is 0 Å². The molecule has 0 aromatic heterocycles. The molecule has 0 heterocycles. The van der Waals surface area contributed by atoms with Gasteiger partial charge in [0, 0.05) is 11.8 Å². The zero-order valence-corrected chi connectivity index (χ0v) is 9.00. The van der Waals surface area contributed by atoms with E-state index in [9.17, 15) is 0 Å². The number of nitrogen functional groups attached to an aromatic ring is 1. The van der Waals surface area contributed by atoms with E-state index in [1.54, 1.807) is 0 Å². The average Bonchev–Trinajstić information content (AvgIpc) is 2.10. The Kier molecular flexibility index (Phi) is 3.57. The number of hydrogen-bond acceptors (Lipinski definition) is 2. The summed E-state index contributed by atoms with van der Waals surface area (Å²) in [6.45, 7) is 6.72. The SMILES string of the molecule is CC(C)=CCOc1cc(N)ccc1C. The fraction of sp³-hybridized carbons (Fsp3) is 0.333. The number of aryl methyl sites for hydroxylation is 1. The number of rotatable bonds is 3. The van der Waals surface area contributed by atoms with Crippen LogP contribution in [0, 0.1) is 6.92 Å². The lowest BCUT2D eigenvalue weighted by Crippen LogP contribution is -1.97. The molecule has 2 heteroatoms. The fourth-order valence-electron chi connectivity index (χ4n) is 1.07. The molecule has 0 amide bonds. The summed E-state index contributed by atoms with van der Waals surface area (Å²) >= 11 is 0. The van der Waals surface area contributed by atoms with Crippen LogP contribution in [0.1, 0.15) is 19.4 Å². The lowest BCUT2D eigenvalue weighted by atomic mass is 10.2. The molecule has 14 heavy (non-hydrogen) atoms. The Labute approximate surface area is 85.4 Å². The third kappa shape index (κ3) is 3.13. The number of anilines is 1. The van der Waals surface area contributed by atoms with Crippen molar-refractivity contribution >= 4 is 5.69 Å². The van der Waals surface area contributed by atoms with Gasteiger partial charge >= 0.3 is 0 Å². The van der Waals surface area contributed by atoms with Gasteiger partial charge in [0.2, 0.25) is 0 Å². The van der Waals surface area contributed by atoms with Gasteiger partial charge in [-0.15, -0.1) is 0 Å². The minimum absolute atomic E-state index is 0.604. The summed E-state index contributed by atoms with van der Waals surface area (Å²) in [5.41, 5.74) is 8.77. The Morgan fingerprint density at radius 3 is 2.79 bits per heavy atom. The molecule has 0 radical (unpaired) electrons. The zero-order chi connectivity index (χ0) is 10.6. The molecular weight excluding hydrogens is 174 g/mol. The molecule has 0 aliphatic heterocycles. The van der Waals surface area contributed by atoms with Crippen LogP contribution in [0.25, 0.3) is 0 Å². The molecule has 1 aromatic carbocycles. The van der Waals surface area contributed by atoms with Crippen LogP contribution in [-0.4, -0.2) is 6.61 Å². The molecule has 76 valence electrons. The molecule has 2 N–H and O–H groups in total. The van der Waals surface area contributed by atoms with Crippen LogP contribution in [-0.2, 0) is 0 Å². The highest BCUT2D eigenvalue weighted by Gasteiger charge is 1.98. The number of allylic oxidation sites excluding steroid dienone is 1. The highest BCUT2D eigenvalue weighted by molar-refractivity contribution is 5.47. The molecule has 0 saturated carbocycles. The second kappa shape index (κ2) is 4.70. The lowest BCUT2D eigenvalue weighted by molar-refractivity contribution is 0.359. The second-order valence-electron chi connectivity index (χ2n) is 3.62. The highest BCUT2D eigenvalue weighted by atomic mass is 16.5. The van der Waals surface area contributed by atoms with E-state index >= 15 is 0 Å². The standard InChI is InChI=1S/C12H17NO/c1-9(2)6-7-14-12-8-11(13)5-4-10(12)3/h4-6,8H,7,13H2,1-3H3. The summed E-state index contributed by atoms with van der Waals surface area (Å²) in [4.78, 5) is 0. The van der Waals surface area contributed by atoms with Crippen LogP contribution in [0.3, 0.4) is 0 Å². The number of nitrogens with two attached hydrogens (primary N) is 1. The van der Waals surface area contributed by atoms with E-state index in [2.05, 4.69) is 13.8 Å². The summed E-state index contributed by atoms with van der Waals surface area (Å²) < 4.78 is 5.57. The smallest absolute Gasteiger partial charge is 0.124 e. The van der Waals surface area contributed by atoms with E-state index in [0.717, 1.165) is 17.0 Å². The lowest BCUT2D eigenvalue weighted by Gasteiger charge is -2.07. The zero-order valence-electron chi connectivity index (χ0n) is 9.00. The molecule has 0 aliphatic carbocycles. The first kappa shape index (κ1) is 10.6. The topological polar surface area (TPSA) is 35.2 Å². The molecule has 0 atom stereocenters. The largest absolute Gasteiger partial charge is 0.489 e. The maximum absolute atomic E-state index is 5.66. The van der Waals surface area contributed by atoms with Crippen molar-refractivity contribution in [3.63, 3.8) is 0 Å². The molecule has 0 saturated heterocycles. The van der Waals surface area contributed by atoms with Crippen molar-refractivity contribution in [2.45, 2.75) is 20.8 Å². The third-order valence-electron chi connectivity index (χ3n) is 1.94. The van der Waals surface area contributed by atoms with Crippen molar-refractivity contribution < 1.29 is 4.74 Å². The van der Waals surface area contributed by atoms with Crippen molar-refractivity contribution in [3.05, 3.63) is 35.4 Å². The predicted octanol–water partition coefficient (Wildman–Crippen LogP) is 2.92. The van der Waals surface area contributed by atoms with Crippen molar-refractivity contribution in [1.82, 2.24) is 0 Å². The molecule has 1 rings (SSSR count). The van der Waals surface area contributed by atoms with E-state index < -0.39 is 0 Å². The van der Waals surface area contributed by atoms with E-state index in [-0.39, 0.29) is 0 Å². The van der Waals surface area contributed by atoms with Crippen LogP contribution in [0.15, 0.2) is 29.8 Å². The van der Waals surface area contributed by atoms with Gasteiger partial charge in [0.05, 0.1) is 0 Å². The van der Waals surface area contributed by atoms with Gasteiger partial charge < -0.3 is 10.5 Å². The first-order valence-corrected chi connectivity index (χ1v) is 4.72. The Bertz CT molecular complexity index is 338. The van der Waals surface area contributed by atoms with E-state index in [0.29, 0.717) is 6.61 Å². The number of hydrogen-bond donors (Lipinski definition) is 1. The van der Waals surface area contributed by atoms with Crippen molar-refractivity contribution in [1.29, 1.82) is 0 Å². The molecular formula is C12H17NO. The van der Waals surface area contributed by atoms with Crippen LogP contribution in [0.4, 0.5) is 5.69 Å². The van der Waals surface area contributed by atoms with Crippen LogP contribution in [0.5, 0.6) is 5.75 Å². The summed E-state index contributed by atoms with van der Waals surface area (Å²) in [7, 11) is 0. The summed E-state index contributed by atoms with van der Waals surface area (Å²) in [6.07, 6.45) is 2.04. The minimum Gasteiger partial charge on any atom is -0.489 e. The van der Waals surface area contributed by atoms with Gasteiger partial charge in [0.25, 0.3) is 0 Å². The van der Waals surface area contributed by atoms with E-state index in [4.69, 9.17) is 10.5 Å². The number of benzene rings is 1. The Balaban J connectivity index is 2.67. The summed E-state index contributed by atoms with van der Waals surface area (Å²) in [6, 6.07) is 5.70. The highest BCUT2D eigenvalue weighted by Crippen LogP contribution is 2.20. The van der Waals surface area contributed by atoms with Crippen molar-refractivity contribution in [2.24, 2.45) is 0 Å². The van der Waals surface area contributed by atoms with Gasteiger partial charge in [-0.3, -0.25) is 0 Å². The monoisotopic (exact) mass is 191 g/mol. The molecule has 1 aromatic rings. The van der Waals surface area contributed by atoms with Crippen LogP contribution < -0.4 is 10.5 Å². The van der Waals surface area contributed by atoms with Gasteiger partial charge in [0.15, 0.2) is 0 Å². The number of ether oxygens (including phenoxy) is 1. The van der Waals surface area contributed by atoms with Gasteiger partial charge in [-0.1, -0.05) is 11.6 Å². The quantitative estimate of drug-likeness (QED) is 0.589. The van der Waals surface area contributed by atoms with Crippen molar-refractivity contribution in [3.8, 4) is 5.75 Å². The van der Waals surface area contributed by atoms with Crippen LogP contribution >= 0.6 is 0 Å². The average molecular weight is 191 g/mol. The summed E-state index contributed by atoms with van der Waals surface area (Å²) in [5.74, 6) is 0.863. The van der Waals surface area contributed by atoms with Crippen molar-refractivity contribution in [2.75, 3.05) is 12.3 Å². The summed E-state index contributed by atoms with van der Waals surface area (Å²) in [5, 5.41) is 0. The third-order valence-corrected chi connectivity index (χ3v) is 1.94. The molecule has 2 nitrogen and oxygen atoms in total. The molecule has 0 fully saturated rings. The Morgan fingerprint density at radius 1 is 1.43 bits per heavy atom. The van der Waals surface area contributed by atoms with Gasteiger partial charge in [-0.25, -0.2) is 0 Å². The van der Waals surface area contributed by atoms with Crippen LogP contribution in [0.2, 0.25) is 0 Å². The molecule has 0 unspecified atom stereocenters. The Morgan fingerprint density at radius 2 is 2.14 bits per heavy atom. The maximum atomic E-state index is 5.66. The van der Waals surface area contributed by atoms with E-state index in [1.807, 2.05) is 31.2 Å². The molecule has 0 spiro atoms. The normalized spacial score (nSPS) is 9.64. The predicted molar refractivity (Wildman–Crippen MR) is 60.5 cm³/mol. The van der Waals surface area contributed by atoms with Gasteiger partial charge in [-0.05, 0) is 38.5 Å². The first-order chi connectivity index (χ1) is 6.59. The molecule has 0 aliphatic rings. The van der Waals surface area contributed by atoms with Gasteiger partial charge in [0.1, 0.15) is 12.4 Å². The Hall–Kier alpha value is -1.44. The molecule has 0 bridgehead atoms. The minimum atomic E-state index is 0.604. The maximum Gasteiger partial charge on any atom is 0.124 e. The fourth-order valence-corrected chi connectivity index (χ4v) is 1.07.